The van der Waals surface area contributed by atoms with E-state index in [1.807, 2.05) is 0 Å². The van der Waals surface area contributed by atoms with Gasteiger partial charge in [-0.1, -0.05) is 0 Å². The van der Waals surface area contributed by atoms with Crippen LogP contribution in [0.25, 0.3) is 0 Å². The van der Waals surface area contributed by atoms with Crippen molar-refractivity contribution in [3.63, 3.8) is 0 Å². The summed E-state index contributed by atoms with van der Waals surface area (Å²) >= 11 is 0. The summed E-state index contributed by atoms with van der Waals surface area (Å²) in [4.78, 5) is 59.4. The molecular weight excluding hydrogens is 310 g/mol. The Kier molecular flexibility index (Phi) is 6.67. The van der Waals surface area contributed by atoms with E-state index in [4.69, 9.17) is 0 Å². The molecule has 0 aromatic rings. The summed E-state index contributed by atoms with van der Waals surface area (Å²) in [6, 6.07) is -0.904. The normalized spacial score (nSPS) is 20.4. The molecule has 0 aromatic heterocycles. The zero-order valence-electron chi connectivity index (χ0n) is 13.2. The summed E-state index contributed by atoms with van der Waals surface area (Å²) in [7, 11) is 3.43. The number of Topliss-reactive ketones (excluding diaryl/α,β-unsaturated/α-hetero) is 1. The second-order valence-electron chi connectivity index (χ2n) is 4.97. The van der Waals surface area contributed by atoms with Gasteiger partial charge in [-0.2, -0.15) is 0 Å². The number of amides is 1. The van der Waals surface area contributed by atoms with Gasteiger partial charge >= 0.3 is 17.9 Å². The first-order valence-corrected chi connectivity index (χ1v) is 6.91. The molecule has 128 valence electrons. The number of ether oxygens (including phenoxy) is 3. The molecule has 2 atom stereocenters. The highest BCUT2D eigenvalue weighted by atomic mass is 16.5. The average Bonchev–Trinajstić information content (AvgIpc) is 2.58. The zero-order chi connectivity index (χ0) is 17.6. The van der Waals surface area contributed by atoms with E-state index in [1.165, 1.54) is 14.2 Å². The maximum Gasteiger partial charge on any atom is 0.374 e. The van der Waals surface area contributed by atoms with Gasteiger partial charge in [-0.15, -0.1) is 0 Å². The Morgan fingerprint density at radius 3 is 2.04 bits per heavy atom. The molecule has 0 spiro atoms. The molecule has 1 amide bonds. The van der Waals surface area contributed by atoms with Gasteiger partial charge in [-0.05, 0) is 12.8 Å². The number of methoxy groups -OCH3 is 3. The molecule has 1 aliphatic rings. The molecule has 0 unspecified atom stereocenters. The second-order valence-corrected chi connectivity index (χ2v) is 4.97. The van der Waals surface area contributed by atoms with Gasteiger partial charge in [0.25, 0.3) is 0 Å². The fourth-order valence-electron chi connectivity index (χ4n) is 2.41. The van der Waals surface area contributed by atoms with Crippen molar-refractivity contribution in [3.05, 3.63) is 0 Å². The monoisotopic (exact) mass is 329 g/mol. The highest BCUT2D eigenvalue weighted by molar-refractivity contribution is 6.36. The van der Waals surface area contributed by atoms with Gasteiger partial charge in [0.15, 0.2) is 0 Å². The summed E-state index contributed by atoms with van der Waals surface area (Å²) < 4.78 is 13.5. The molecule has 0 radical (unpaired) electrons. The van der Waals surface area contributed by atoms with E-state index in [9.17, 15) is 24.0 Å². The Bertz CT molecular complexity index is 515. The quantitative estimate of drug-likeness (QED) is 0.275. The number of likely N-dealkylation sites (tertiary alicyclic amines) is 1. The van der Waals surface area contributed by atoms with Crippen LogP contribution in [0.1, 0.15) is 19.3 Å². The van der Waals surface area contributed by atoms with Crippen molar-refractivity contribution < 1.29 is 38.2 Å². The number of ketones is 1. The molecule has 0 bridgehead atoms. The minimum atomic E-state index is -1.14. The van der Waals surface area contributed by atoms with Gasteiger partial charge in [0.05, 0.1) is 33.7 Å². The van der Waals surface area contributed by atoms with Gasteiger partial charge in [-0.3, -0.25) is 14.4 Å². The van der Waals surface area contributed by atoms with Gasteiger partial charge in [0, 0.05) is 6.54 Å². The average molecular weight is 329 g/mol. The molecule has 1 fully saturated rings. The number of carbonyl (C=O) groups is 5. The van der Waals surface area contributed by atoms with E-state index in [2.05, 4.69) is 14.2 Å². The van der Waals surface area contributed by atoms with Crippen molar-refractivity contribution in [1.29, 1.82) is 0 Å². The van der Waals surface area contributed by atoms with E-state index in [1.54, 1.807) is 0 Å². The Morgan fingerprint density at radius 2 is 1.52 bits per heavy atom. The Hall–Kier alpha value is -2.45. The third-order valence-corrected chi connectivity index (χ3v) is 3.63. The predicted octanol–water partition coefficient (Wildman–Crippen LogP) is -0.928. The summed E-state index contributed by atoms with van der Waals surface area (Å²) in [6.07, 6.45) is -0.195. The zero-order valence-corrected chi connectivity index (χ0v) is 13.2. The lowest BCUT2D eigenvalue weighted by Crippen LogP contribution is -2.53. The third kappa shape index (κ3) is 4.51. The molecule has 23 heavy (non-hydrogen) atoms. The molecule has 1 saturated heterocycles. The van der Waals surface area contributed by atoms with Crippen LogP contribution >= 0.6 is 0 Å². The van der Waals surface area contributed by atoms with Crippen molar-refractivity contribution in [2.24, 2.45) is 5.92 Å². The molecular formula is C14H19NO8. The van der Waals surface area contributed by atoms with Crippen molar-refractivity contribution in [2.75, 3.05) is 27.9 Å². The van der Waals surface area contributed by atoms with Crippen LogP contribution in [0.5, 0.6) is 0 Å². The van der Waals surface area contributed by atoms with Crippen molar-refractivity contribution in [1.82, 2.24) is 4.90 Å². The van der Waals surface area contributed by atoms with Crippen molar-refractivity contribution in [2.45, 2.75) is 25.3 Å². The molecule has 9 nitrogen and oxygen atoms in total. The van der Waals surface area contributed by atoms with E-state index >= 15 is 0 Å². The molecule has 0 saturated carbocycles. The van der Waals surface area contributed by atoms with Gasteiger partial charge in [0.1, 0.15) is 6.04 Å². The minimum Gasteiger partial charge on any atom is -0.469 e. The molecule has 0 aliphatic carbocycles. The first-order chi connectivity index (χ1) is 10.8. The highest BCUT2D eigenvalue weighted by Crippen LogP contribution is 2.24. The van der Waals surface area contributed by atoms with Crippen molar-refractivity contribution in [3.8, 4) is 0 Å². The van der Waals surface area contributed by atoms with Crippen molar-refractivity contribution >= 4 is 29.6 Å². The van der Waals surface area contributed by atoms with Gasteiger partial charge < -0.3 is 19.1 Å². The molecule has 1 heterocycles. The van der Waals surface area contributed by atoms with Crippen LogP contribution in [-0.2, 0) is 38.2 Å². The predicted molar refractivity (Wildman–Crippen MR) is 73.9 cm³/mol. The summed E-state index contributed by atoms with van der Waals surface area (Å²) in [6.45, 7) is -0.0836. The number of nitrogens with zero attached hydrogens (tertiary/aromatic N) is 1. The summed E-state index contributed by atoms with van der Waals surface area (Å²) in [5, 5.41) is 0. The van der Waals surface area contributed by atoms with E-state index in [-0.39, 0.29) is 13.0 Å². The lowest BCUT2D eigenvalue weighted by Gasteiger charge is -2.36. The molecule has 1 rings (SSSR count). The smallest absolute Gasteiger partial charge is 0.374 e. The third-order valence-electron chi connectivity index (χ3n) is 3.63. The van der Waals surface area contributed by atoms with Gasteiger partial charge in [0.2, 0.25) is 11.7 Å². The van der Waals surface area contributed by atoms with E-state index < -0.39 is 48.0 Å². The standard InChI is InChI=1S/C14H19NO8/c1-21-12(18)8-4-5-9(13(19)22-2)15(7-8)11(17)6-10(16)14(20)23-3/h8-9H,4-7H2,1-3H3/t8-,9-/m0/s1. The number of hydrogen-bond acceptors (Lipinski definition) is 8. The topological polar surface area (TPSA) is 116 Å². The summed E-state index contributed by atoms with van der Waals surface area (Å²) in [5.41, 5.74) is 0. The van der Waals surface area contributed by atoms with Crippen LogP contribution in [0.4, 0.5) is 0 Å². The fourth-order valence-corrected chi connectivity index (χ4v) is 2.41. The Labute approximate surface area is 132 Å². The van der Waals surface area contributed by atoms with E-state index in [0.29, 0.717) is 6.42 Å². The number of hydrogen-bond donors (Lipinski definition) is 0. The van der Waals surface area contributed by atoms with Crippen LogP contribution in [-0.4, -0.2) is 68.4 Å². The summed E-state index contributed by atoms with van der Waals surface area (Å²) in [5.74, 6) is -4.67. The van der Waals surface area contributed by atoms with Crippen LogP contribution in [0.3, 0.4) is 0 Å². The second kappa shape index (κ2) is 8.25. The van der Waals surface area contributed by atoms with Crippen LogP contribution < -0.4 is 0 Å². The lowest BCUT2D eigenvalue weighted by molar-refractivity contribution is -0.162. The molecule has 9 heteroatoms. The number of carbonyl (C=O) groups excluding carboxylic acids is 5. The number of piperidine rings is 1. The van der Waals surface area contributed by atoms with E-state index in [0.717, 1.165) is 12.0 Å². The Morgan fingerprint density at radius 1 is 0.913 bits per heavy atom. The van der Waals surface area contributed by atoms with Crippen LogP contribution in [0.15, 0.2) is 0 Å². The molecule has 0 N–H and O–H groups in total. The SMILES string of the molecule is COC(=O)C(=O)CC(=O)N1C[C@@H](C(=O)OC)CC[C@H]1C(=O)OC. The molecule has 0 aromatic carbocycles. The highest BCUT2D eigenvalue weighted by Gasteiger charge is 2.40. The first kappa shape index (κ1) is 18.6. The number of esters is 3. The minimum absolute atomic E-state index is 0.0836. The number of rotatable bonds is 5. The first-order valence-electron chi connectivity index (χ1n) is 6.91. The maximum atomic E-state index is 12.3. The Balaban J connectivity index is 2.90. The molecule has 1 aliphatic heterocycles. The fraction of sp³-hybridized carbons (Fsp3) is 0.643. The lowest BCUT2D eigenvalue weighted by atomic mass is 9.92. The van der Waals surface area contributed by atoms with Crippen LogP contribution in [0, 0.1) is 5.92 Å². The van der Waals surface area contributed by atoms with Gasteiger partial charge in [-0.25, -0.2) is 9.59 Å². The largest absolute Gasteiger partial charge is 0.469 e. The van der Waals surface area contributed by atoms with Crippen LogP contribution in [0.2, 0.25) is 0 Å². The maximum absolute atomic E-state index is 12.3.